The maximum Gasteiger partial charge on any atom is 0.309 e. The molecular formula is C23H27N3O3S. The van der Waals surface area contributed by atoms with Crippen molar-refractivity contribution in [3.8, 4) is 5.75 Å². The van der Waals surface area contributed by atoms with Crippen LogP contribution in [-0.4, -0.2) is 29.2 Å². The number of aryl methyl sites for hydroxylation is 3. The van der Waals surface area contributed by atoms with Gasteiger partial charge in [0.05, 0.1) is 30.2 Å². The molecule has 1 N–H and O–H groups in total. The molecule has 6 nitrogen and oxygen atoms in total. The molecule has 30 heavy (non-hydrogen) atoms. The van der Waals surface area contributed by atoms with Crippen LogP contribution in [0.2, 0.25) is 0 Å². The average Bonchev–Trinajstić information content (AvgIpc) is 3.10. The van der Waals surface area contributed by atoms with Gasteiger partial charge in [0, 0.05) is 4.88 Å². The Morgan fingerprint density at radius 3 is 2.77 bits per heavy atom. The molecule has 3 aromatic rings. The number of nitrogens with zero attached hydrogens (tertiary/aromatic N) is 2. The summed E-state index contributed by atoms with van der Waals surface area (Å²) >= 11 is 1.65. The molecule has 1 unspecified atom stereocenters. The van der Waals surface area contributed by atoms with Gasteiger partial charge in [-0.2, -0.15) is 0 Å². The summed E-state index contributed by atoms with van der Waals surface area (Å²) < 4.78 is 11.1. The molecule has 4 rings (SSSR count). The highest BCUT2D eigenvalue weighted by atomic mass is 32.1. The van der Waals surface area contributed by atoms with Gasteiger partial charge in [-0.05, 0) is 75.8 Å². The first kappa shape index (κ1) is 20.6. The molecule has 1 aliphatic carbocycles. The fourth-order valence-corrected chi connectivity index (χ4v) is 5.22. The molecule has 0 spiro atoms. The van der Waals surface area contributed by atoms with Gasteiger partial charge in [0.2, 0.25) is 0 Å². The Balaban J connectivity index is 1.71. The summed E-state index contributed by atoms with van der Waals surface area (Å²) in [4.78, 5) is 23.4. The Bertz CT molecular complexity index is 1090. The number of ether oxygens (including phenoxy) is 2. The lowest BCUT2D eigenvalue weighted by Gasteiger charge is -2.21. The summed E-state index contributed by atoms with van der Waals surface area (Å²) in [6, 6.07) is 4.16. The lowest BCUT2D eigenvalue weighted by atomic mass is 9.88. The van der Waals surface area contributed by atoms with Crippen LogP contribution in [0.15, 0.2) is 18.5 Å². The summed E-state index contributed by atoms with van der Waals surface area (Å²) in [7, 11) is 0. The fourth-order valence-electron chi connectivity index (χ4n) is 3.96. The lowest BCUT2D eigenvalue weighted by Crippen LogP contribution is -2.23. The summed E-state index contributed by atoms with van der Waals surface area (Å²) in [5.74, 6) is 1.44. The fraction of sp³-hybridized carbons (Fsp3) is 0.435. The minimum absolute atomic E-state index is 0.0702. The zero-order chi connectivity index (χ0) is 21.3. The van der Waals surface area contributed by atoms with Gasteiger partial charge in [0.1, 0.15) is 22.7 Å². The predicted molar refractivity (Wildman–Crippen MR) is 120 cm³/mol. The smallest absolute Gasteiger partial charge is 0.309 e. The van der Waals surface area contributed by atoms with E-state index in [1.165, 1.54) is 21.6 Å². The number of carbonyl (C=O) groups excluding carboxylic acids is 1. The Morgan fingerprint density at radius 2 is 2.00 bits per heavy atom. The van der Waals surface area contributed by atoms with E-state index in [-0.39, 0.29) is 11.9 Å². The molecule has 2 aromatic heterocycles. The third-order valence-electron chi connectivity index (χ3n) is 5.61. The summed E-state index contributed by atoms with van der Waals surface area (Å²) in [5.41, 5.74) is 4.53. The maximum atomic E-state index is 12.2. The number of thiophene rings is 1. The second-order valence-corrected chi connectivity index (χ2v) is 8.67. The molecule has 0 fully saturated rings. The van der Waals surface area contributed by atoms with E-state index >= 15 is 0 Å². The van der Waals surface area contributed by atoms with E-state index in [0.29, 0.717) is 19.6 Å². The van der Waals surface area contributed by atoms with Gasteiger partial charge in [-0.25, -0.2) is 9.97 Å². The largest absolute Gasteiger partial charge is 0.492 e. The van der Waals surface area contributed by atoms with Crippen molar-refractivity contribution in [2.24, 2.45) is 5.92 Å². The Morgan fingerprint density at radius 1 is 1.20 bits per heavy atom. The molecule has 0 saturated heterocycles. The summed E-state index contributed by atoms with van der Waals surface area (Å²) in [6.07, 6.45) is 3.92. The zero-order valence-corrected chi connectivity index (χ0v) is 18.7. The molecule has 2 heterocycles. The Kier molecular flexibility index (Phi) is 5.90. The first-order valence-corrected chi connectivity index (χ1v) is 11.3. The van der Waals surface area contributed by atoms with Gasteiger partial charge in [-0.1, -0.05) is 0 Å². The van der Waals surface area contributed by atoms with Gasteiger partial charge in [0.15, 0.2) is 0 Å². The number of anilines is 2. The van der Waals surface area contributed by atoms with Gasteiger partial charge in [-0.3, -0.25) is 4.79 Å². The molecule has 1 aliphatic rings. The van der Waals surface area contributed by atoms with Crippen LogP contribution in [-0.2, 0) is 22.4 Å². The van der Waals surface area contributed by atoms with Crippen LogP contribution < -0.4 is 10.1 Å². The van der Waals surface area contributed by atoms with Crippen molar-refractivity contribution in [3.63, 3.8) is 0 Å². The van der Waals surface area contributed by atoms with Gasteiger partial charge in [-0.15, -0.1) is 11.3 Å². The molecule has 0 radical (unpaired) electrons. The van der Waals surface area contributed by atoms with E-state index < -0.39 is 0 Å². The van der Waals surface area contributed by atoms with Gasteiger partial charge < -0.3 is 14.8 Å². The molecule has 158 valence electrons. The first-order chi connectivity index (χ1) is 14.5. The number of fused-ring (bicyclic) bond motifs is 3. The van der Waals surface area contributed by atoms with E-state index in [0.717, 1.165) is 40.3 Å². The number of nitrogens with one attached hydrogen (secondary N) is 1. The zero-order valence-electron chi connectivity index (χ0n) is 17.9. The molecule has 7 heteroatoms. The highest BCUT2D eigenvalue weighted by molar-refractivity contribution is 7.19. The normalized spacial score (nSPS) is 15.7. The number of hydrogen-bond donors (Lipinski definition) is 1. The number of benzene rings is 1. The van der Waals surface area contributed by atoms with Crippen LogP contribution in [0.25, 0.3) is 10.2 Å². The van der Waals surface area contributed by atoms with Crippen LogP contribution in [0.4, 0.5) is 11.5 Å². The van der Waals surface area contributed by atoms with E-state index in [9.17, 15) is 4.79 Å². The quantitative estimate of drug-likeness (QED) is 0.553. The molecule has 0 bridgehead atoms. The Labute approximate surface area is 180 Å². The molecule has 0 amide bonds. The summed E-state index contributed by atoms with van der Waals surface area (Å²) in [6.45, 7) is 9.03. The molecule has 1 atom stereocenters. The van der Waals surface area contributed by atoms with E-state index in [4.69, 9.17) is 9.47 Å². The van der Waals surface area contributed by atoms with Crippen LogP contribution in [0.3, 0.4) is 0 Å². The minimum Gasteiger partial charge on any atom is -0.492 e. The monoisotopic (exact) mass is 425 g/mol. The van der Waals surface area contributed by atoms with Crippen LogP contribution in [0.5, 0.6) is 5.75 Å². The molecule has 0 saturated carbocycles. The topological polar surface area (TPSA) is 73.3 Å². The number of aromatic nitrogens is 2. The van der Waals surface area contributed by atoms with E-state index in [1.807, 2.05) is 13.8 Å². The van der Waals surface area contributed by atoms with E-state index in [2.05, 4.69) is 41.3 Å². The maximum absolute atomic E-state index is 12.2. The first-order valence-electron chi connectivity index (χ1n) is 10.4. The van der Waals surface area contributed by atoms with Crippen molar-refractivity contribution in [2.75, 3.05) is 18.5 Å². The SMILES string of the molecule is CCOC(=O)C1CCc2c(sc3ncnc(Nc4cc(C)c(C)cc4OCC)c23)C1. The van der Waals surface area contributed by atoms with Crippen LogP contribution in [0.1, 0.15) is 41.8 Å². The molecule has 1 aromatic carbocycles. The second kappa shape index (κ2) is 8.60. The van der Waals surface area contributed by atoms with E-state index in [1.54, 1.807) is 17.7 Å². The predicted octanol–water partition coefficient (Wildman–Crippen LogP) is 5.12. The number of carbonyl (C=O) groups is 1. The summed E-state index contributed by atoms with van der Waals surface area (Å²) in [5, 5.41) is 4.55. The van der Waals surface area contributed by atoms with Crippen molar-refractivity contribution in [2.45, 2.75) is 47.0 Å². The van der Waals surface area contributed by atoms with Crippen LogP contribution >= 0.6 is 11.3 Å². The molecule has 0 aliphatic heterocycles. The third kappa shape index (κ3) is 3.86. The average molecular weight is 426 g/mol. The number of rotatable bonds is 6. The minimum atomic E-state index is -0.0958. The van der Waals surface area contributed by atoms with Crippen molar-refractivity contribution >= 4 is 39.0 Å². The number of hydrogen-bond acceptors (Lipinski definition) is 7. The standard InChI is InChI=1S/C23H27N3O3S/c1-5-28-18-10-14(4)13(3)9-17(18)26-21-20-16-8-7-15(23(27)29-6-2)11-19(16)30-22(20)25-12-24-21/h9-10,12,15H,5-8,11H2,1-4H3,(H,24,25,26). The Hall–Kier alpha value is -2.67. The van der Waals surface area contributed by atoms with Crippen molar-refractivity contribution < 1.29 is 14.3 Å². The lowest BCUT2D eigenvalue weighted by molar-refractivity contribution is -0.148. The van der Waals surface area contributed by atoms with Crippen molar-refractivity contribution in [3.05, 3.63) is 40.0 Å². The third-order valence-corrected chi connectivity index (χ3v) is 6.78. The highest BCUT2D eigenvalue weighted by Crippen LogP contribution is 2.41. The van der Waals surface area contributed by atoms with Crippen molar-refractivity contribution in [1.82, 2.24) is 9.97 Å². The van der Waals surface area contributed by atoms with Gasteiger partial charge >= 0.3 is 5.97 Å². The second-order valence-electron chi connectivity index (χ2n) is 7.59. The van der Waals surface area contributed by atoms with Crippen LogP contribution in [0, 0.1) is 19.8 Å². The highest BCUT2D eigenvalue weighted by Gasteiger charge is 2.30. The van der Waals surface area contributed by atoms with Crippen molar-refractivity contribution in [1.29, 1.82) is 0 Å². The van der Waals surface area contributed by atoms with Gasteiger partial charge in [0.25, 0.3) is 0 Å². The molecular weight excluding hydrogens is 398 g/mol. The number of esters is 1.